The third-order valence-electron chi connectivity index (χ3n) is 5.94. The normalized spacial score (nSPS) is 34.4. The first-order chi connectivity index (χ1) is 11.0. The summed E-state index contributed by atoms with van der Waals surface area (Å²) in [5.41, 5.74) is -0.301. The van der Waals surface area contributed by atoms with Crippen LogP contribution >= 0.6 is 0 Å². The lowest BCUT2D eigenvalue weighted by Gasteiger charge is -2.53. The van der Waals surface area contributed by atoms with Gasteiger partial charge in [0.2, 0.25) is 11.7 Å². The van der Waals surface area contributed by atoms with E-state index < -0.39 is 16.4 Å². The number of amides is 1. The second-order valence-corrected chi connectivity index (χ2v) is 7.37. The zero-order valence-electron chi connectivity index (χ0n) is 12.7. The molecule has 1 aromatic carbocycles. The van der Waals surface area contributed by atoms with Crippen LogP contribution in [0.15, 0.2) is 18.2 Å². The molecule has 0 aromatic heterocycles. The van der Waals surface area contributed by atoms with Gasteiger partial charge in [0.15, 0.2) is 0 Å². The summed E-state index contributed by atoms with van der Waals surface area (Å²) in [6, 6.07) is 3.52. The highest BCUT2D eigenvalue weighted by atomic mass is 19.1. The van der Waals surface area contributed by atoms with Crippen molar-refractivity contribution in [3.8, 4) is 0 Å². The molecule has 0 radical (unpaired) electrons. The quantitative estimate of drug-likeness (QED) is 0.681. The Hall–Kier alpha value is -1.98. The standard InChI is InChI=1S/C17H19FN2O3/c18-14-2-1-13(8-15(14)20(22)23)19-17(21)16-11-4-9-3-10(6-11)7-12(16)5-9/h1-2,8-12,16H,3-7H2,(H,19,21). The average Bonchev–Trinajstić information content (AvgIpc) is 2.47. The molecule has 0 aliphatic heterocycles. The number of nitro groups is 1. The van der Waals surface area contributed by atoms with Gasteiger partial charge in [0.25, 0.3) is 0 Å². The van der Waals surface area contributed by atoms with Crippen LogP contribution in [0.25, 0.3) is 0 Å². The minimum absolute atomic E-state index is 0.00640. The highest BCUT2D eigenvalue weighted by Crippen LogP contribution is 2.56. The molecule has 1 N–H and O–H groups in total. The number of nitrogens with zero attached hydrogens (tertiary/aromatic N) is 1. The molecule has 23 heavy (non-hydrogen) atoms. The van der Waals surface area contributed by atoms with Crippen molar-refractivity contribution in [3.63, 3.8) is 0 Å². The fourth-order valence-electron chi connectivity index (χ4n) is 5.31. The summed E-state index contributed by atoms with van der Waals surface area (Å²) in [7, 11) is 0. The van der Waals surface area contributed by atoms with Crippen LogP contribution in [-0.2, 0) is 4.79 Å². The van der Waals surface area contributed by atoms with Gasteiger partial charge in [-0.2, -0.15) is 4.39 Å². The Labute approximate surface area is 133 Å². The van der Waals surface area contributed by atoms with E-state index in [1.807, 2.05) is 0 Å². The van der Waals surface area contributed by atoms with E-state index in [1.165, 1.54) is 12.5 Å². The fourth-order valence-corrected chi connectivity index (χ4v) is 5.31. The second kappa shape index (κ2) is 5.28. The van der Waals surface area contributed by atoms with Gasteiger partial charge >= 0.3 is 5.69 Å². The molecule has 6 heteroatoms. The van der Waals surface area contributed by atoms with E-state index in [0.717, 1.165) is 49.7 Å². The minimum atomic E-state index is -0.886. The van der Waals surface area contributed by atoms with Gasteiger partial charge in [0, 0.05) is 17.7 Å². The first-order valence-corrected chi connectivity index (χ1v) is 8.26. The number of nitro benzene ring substituents is 1. The molecule has 4 bridgehead atoms. The molecule has 1 aromatic rings. The van der Waals surface area contributed by atoms with E-state index in [4.69, 9.17) is 0 Å². The molecule has 4 aliphatic carbocycles. The highest BCUT2D eigenvalue weighted by molar-refractivity contribution is 5.93. The Bertz CT molecular complexity index is 648. The number of halogens is 1. The Morgan fingerprint density at radius 1 is 1.13 bits per heavy atom. The third kappa shape index (κ3) is 2.50. The van der Waals surface area contributed by atoms with Gasteiger partial charge in [-0.05, 0) is 67.9 Å². The summed E-state index contributed by atoms with van der Waals surface area (Å²) in [5, 5.41) is 13.6. The number of anilines is 1. The number of benzene rings is 1. The number of hydrogen-bond acceptors (Lipinski definition) is 3. The summed E-state index contributed by atoms with van der Waals surface area (Å²) >= 11 is 0. The summed E-state index contributed by atoms with van der Waals surface area (Å²) in [6.07, 6.45) is 5.86. The Morgan fingerprint density at radius 3 is 2.30 bits per heavy atom. The number of rotatable bonds is 3. The molecule has 122 valence electrons. The van der Waals surface area contributed by atoms with Crippen LogP contribution in [0.2, 0.25) is 0 Å². The molecule has 0 spiro atoms. The van der Waals surface area contributed by atoms with Gasteiger partial charge in [0.05, 0.1) is 4.92 Å². The van der Waals surface area contributed by atoms with Gasteiger partial charge < -0.3 is 5.32 Å². The van der Waals surface area contributed by atoms with E-state index in [0.29, 0.717) is 17.5 Å². The number of carbonyl (C=O) groups is 1. The largest absolute Gasteiger partial charge is 0.326 e. The lowest BCUT2D eigenvalue weighted by atomic mass is 9.51. The molecule has 0 atom stereocenters. The summed E-state index contributed by atoms with van der Waals surface area (Å²) in [4.78, 5) is 22.7. The first kappa shape index (κ1) is 14.6. The van der Waals surface area contributed by atoms with Crippen LogP contribution in [0.1, 0.15) is 32.1 Å². The topological polar surface area (TPSA) is 72.2 Å². The van der Waals surface area contributed by atoms with Gasteiger partial charge in [-0.25, -0.2) is 0 Å². The smallest absolute Gasteiger partial charge is 0.306 e. The van der Waals surface area contributed by atoms with Crippen molar-refractivity contribution in [1.29, 1.82) is 0 Å². The summed E-state index contributed by atoms with van der Waals surface area (Å²) in [5.74, 6) is 1.53. The molecular formula is C17H19FN2O3. The van der Waals surface area contributed by atoms with E-state index in [-0.39, 0.29) is 11.8 Å². The molecular weight excluding hydrogens is 299 g/mol. The molecule has 1 amide bonds. The monoisotopic (exact) mass is 318 g/mol. The zero-order valence-corrected chi connectivity index (χ0v) is 12.7. The van der Waals surface area contributed by atoms with Crippen molar-refractivity contribution >= 4 is 17.3 Å². The Morgan fingerprint density at radius 2 is 1.74 bits per heavy atom. The van der Waals surface area contributed by atoms with Crippen molar-refractivity contribution in [3.05, 3.63) is 34.1 Å². The van der Waals surface area contributed by atoms with E-state index >= 15 is 0 Å². The highest BCUT2D eigenvalue weighted by Gasteiger charge is 2.50. The van der Waals surface area contributed by atoms with Crippen molar-refractivity contribution < 1.29 is 14.1 Å². The molecule has 0 heterocycles. The fraction of sp³-hybridized carbons (Fsp3) is 0.588. The summed E-state index contributed by atoms with van der Waals surface area (Å²) in [6.45, 7) is 0. The molecule has 5 rings (SSSR count). The van der Waals surface area contributed by atoms with E-state index in [9.17, 15) is 19.3 Å². The molecule has 4 aliphatic rings. The van der Waals surface area contributed by atoms with Gasteiger partial charge in [-0.1, -0.05) is 0 Å². The van der Waals surface area contributed by atoms with Gasteiger partial charge in [0.1, 0.15) is 0 Å². The Kier molecular flexibility index (Phi) is 3.36. The molecule has 0 unspecified atom stereocenters. The zero-order chi connectivity index (χ0) is 16.1. The predicted molar refractivity (Wildman–Crippen MR) is 82.2 cm³/mol. The first-order valence-electron chi connectivity index (χ1n) is 8.26. The lowest BCUT2D eigenvalue weighted by molar-refractivity contribution is -0.387. The molecule has 4 fully saturated rings. The lowest BCUT2D eigenvalue weighted by Crippen LogP contribution is -2.49. The van der Waals surface area contributed by atoms with Crippen LogP contribution in [-0.4, -0.2) is 10.8 Å². The molecule has 5 nitrogen and oxygen atoms in total. The van der Waals surface area contributed by atoms with Crippen molar-refractivity contribution in [2.45, 2.75) is 32.1 Å². The third-order valence-corrected chi connectivity index (χ3v) is 5.94. The van der Waals surface area contributed by atoms with Crippen molar-refractivity contribution in [2.75, 3.05) is 5.32 Å². The maximum atomic E-state index is 13.4. The average molecular weight is 318 g/mol. The number of hydrogen-bond donors (Lipinski definition) is 1. The number of nitrogens with one attached hydrogen (secondary N) is 1. The van der Waals surface area contributed by atoms with Crippen LogP contribution in [0.4, 0.5) is 15.8 Å². The van der Waals surface area contributed by atoms with Crippen LogP contribution in [0.3, 0.4) is 0 Å². The maximum Gasteiger partial charge on any atom is 0.306 e. The van der Waals surface area contributed by atoms with Crippen LogP contribution < -0.4 is 5.32 Å². The van der Waals surface area contributed by atoms with Crippen molar-refractivity contribution in [1.82, 2.24) is 0 Å². The van der Waals surface area contributed by atoms with Crippen LogP contribution in [0, 0.1) is 45.5 Å². The Balaban J connectivity index is 1.52. The number of carbonyl (C=O) groups excluding carboxylic acids is 1. The molecule has 0 saturated heterocycles. The minimum Gasteiger partial charge on any atom is -0.326 e. The SMILES string of the molecule is O=C(Nc1ccc(F)c([N+](=O)[O-])c1)C1C2CC3CC(C2)CC1C3. The second-order valence-electron chi connectivity index (χ2n) is 7.37. The maximum absolute atomic E-state index is 13.4. The van der Waals surface area contributed by atoms with E-state index in [2.05, 4.69) is 5.32 Å². The molecule has 4 saturated carbocycles. The van der Waals surface area contributed by atoms with Gasteiger partial charge in [-0.3, -0.25) is 14.9 Å². The summed E-state index contributed by atoms with van der Waals surface area (Å²) < 4.78 is 13.4. The van der Waals surface area contributed by atoms with Crippen molar-refractivity contribution in [2.24, 2.45) is 29.6 Å². The van der Waals surface area contributed by atoms with E-state index in [1.54, 1.807) is 0 Å². The van der Waals surface area contributed by atoms with Gasteiger partial charge in [-0.15, -0.1) is 0 Å². The predicted octanol–water partition coefficient (Wildman–Crippen LogP) is 3.74. The van der Waals surface area contributed by atoms with Crippen LogP contribution in [0.5, 0.6) is 0 Å².